The molecule has 1 aromatic heterocycles. The molecule has 0 atom stereocenters. The van der Waals surface area contributed by atoms with E-state index in [0.717, 1.165) is 29.8 Å². The van der Waals surface area contributed by atoms with Crippen LogP contribution in [0.1, 0.15) is 48.2 Å². The maximum atomic E-state index is 13.2. The number of benzene rings is 2. The second kappa shape index (κ2) is 9.99. The van der Waals surface area contributed by atoms with E-state index in [4.69, 9.17) is 5.73 Å². The first-order valence-electron chi connectivity index (χ1n) is 10.7. The molecular weight excluding hydrogens is 422 g/mol. The number of thioether (sulfide) groups is 1. The SMILES string of the molecule is CN(C(=O)CSc1nnc(C2CC2)n1CCC(N)=O)C(c1ccccc1)c1ccccc1. The zero-order valence-corrected chi connectivity index (χ0v) is 18.9. The molecule has 1 heterocycles. The first kappa shape index (κ1) is 22.1. The predicted molar refractivity (Wildman–Crippen MR) is 124 cm³/mol. The van der Waals surface area contributed by atoms with Gasteiger partial charge in [0.2, 0.25) is 11.8 Å². The highest BCUT2D eigenvalue weighted by molar-refractivity contribution is 7.99. The summed E-state index contributed by atoms with van der Waals surface area (Å²) in [4.78, 5) is 26.3. The summed E-state index contributed by atoms with van der Waals surface area (Å²) in [6, 6.07) is 19.9. The van der Waals surface area contributed by atoms with Crippen molar-refractivity contribution in [2.75, 3.05) is 12.8 Å². The van der Waals surface area contributed by atoms with Crippen LogP contribution in [0.3, 0.4) is 0 Å². The van der Waals surface area contributed by atoms with Crippen molar-refractivity contribution < 1.29 is 9.59 Å². The van der Waals surface area contributed by atoms with Crippen LogP contribution in [0, 0.1) is 0 Å². The maximum absolute atomic E-state index is 13.2. The number of amides is 2. The molecule has 0 aliphatic heterocycles. The average molecular weight is 450 g/mol. The third kappa shape index (κ3) is 5.19. The van der Waals surface area contributed by atoms with E-state index < -0.39 is 0 Å². The van der Waals surface area contributed by atoms with Gasteiger partial charge in [0, 0.05) is 25.9 Å². The molecule has 0 spiro atoms. The molecule has 32 heavy (non-hydrogen) atoms. The fourth-order valence-electron chi connectivity index (χ4n) is 3.76. The van der Waals surface area contributed by atoms with Crippen LogP contribution < -0.4 is 5.73 Å². The van der Waals surface area contributed by atoms with E-state index in [2.05, 4.69) is 10.2 Å². The minimum Gasteiger partial charge on any atom is -0.370 e. The van der Waals surface area contributed by atoms with Gasteiger partial charge in [0.15, 0.2) is 5.16 Å². The second-order valence-corrected chi connectivity index (χ2v) is 8.94. The summed E-state index contributed by atoms with van der Waals surface area (Å²) in [7, 11) is 1.83. The van der Waals surface area contributed by atoms with Gasteiger partial charge < -0.3 is 15.2 Å². The predicted octanol–water partition coefficient (Wildman–Crippen LogP) is 3.37. The third-order valence-electron chi connectivity index (χ3n) is 5.61. The molecule has 2 aromatic carbocycles. The Bertz CT molecular complexity index is 1030. The summed E-state index contributed by atoms with van der Waals surface area (Å²) in [5, 5.41) is 9.28. The Kier molecular flexibility index (Phi) is 6.90. The zero-order chi connectivity index (χ0) is 22.5. The van der Waals surface area contributed by atoms with Gasteiger partial charge in [-0.05, 0) is 24.0 Å². The number of aromatic nitrogens is 3. The van der Waals surface area contributed by atoms with E-state index in [0.29, 0.717) is 17.6 Å². The Morgan fingerprint density at radius 2 is 1.66 bits per heavy atom. The Morgan fingerprint density at radius 1 is 1.06 bits per heavy atom. The number of carbonyl (C=O) groups excluding carboxylic acids is 2. The lowest BCUT2D eigenvalue weighted by molar-refractivity contribution is -0.128. The molecule has 4 rings (SSSR count). The van der Waals surface area contributed by atoms with Crippen molar-refractivity contribution in [1.29, 1.82) is 0 Å². The van der Waals surface area contributed by atoms with Crippen molar-refractivity contribution in [1.82, 2.24) is 19.7 Å². The van der Waals surface area contributed by atoms with Crippen molar-refractivity contribution in [2.45, 2.75) is 42.9 Å². The molecule has 0 unspecified atom stereocenters. The van der Waals surface area contributed by atoms with Crippen LogP contribution in [0.2, 0.25) is 0 Å². The van der Waals surface area contributed by atoms with Crippen LogP contribution in [-0.4, -0.2) is 44.3 Å². The van der Waals surface area contributed by atoms with Gasteiger partial charge >= 0.3 is 0 Å². The number of primary amides is 1. The topological polar surface area (TPSA) is 94.1 Å². The first-order chi connectivity index (χ1) is 15.5. The number of carbonyl (C=O) groups is 2. The molecule has 2 amide bonds. The zero-order valence-electron chi connectivity index (χ0n) is 18.1. The van der Waals surface area contributed by atoms with Crippen molar-refractivity contribution in [3.05, 3.63) is 77.6 Å². The molecule has 1 saturated carbocycles. The summed E-state index contributed by atoms with van der Waals surface area (Å²) in [6.45, 7) is 0.442. The average Bonchev–Trinajstić information content (AvgIpc) is 3.57. The summed E-state index contributed by atoms with van der Waals surface area (Å²) >= 11 is 1.35. The molecule has 1 aliphatic carbocycles. The van der Waals surface area contributed by atoms with Crippen LogP contribution in [0.4, 0.5) is 0 Å². The lowest BCUT2D eigenvalue weighted by Crippen LogP contribution is -2.33. The molecule has 1 aliphatic rings. The van der Waals surface area contributed by atoms with E-state index in [-0.39, 0.29) is 30.0 Å². The van der Waals surface area contributed by atoms with Gasteiger partial charge in [0.05, 0.1) is 11.8 Å². The molecule has 0 bridgehead atoms. The highest BCUT2D eigenvalue weighted by Crippen LogP contribution is 2.40. The van der Waals surface area contributed by atoms with Crippen LogP contribution in [0.25, 0.3) is 0 Å². The molecule has 1 fully saturated rings. The Balaban J connectivity index is 1.50. The maximum Gasteiger partial charge on any atom is 0.233 e. The van der Waals surface area contributed by atoms with Gasteiger partial charge in [0.25, 0.3) is 0 Å². The normalized spacial score (nSPS) is 13.3. The monoisotopic (exact) mass is 449 g/mol. The largest absolute Gasteiger partial charge is 0.370 e. The molecule has 3 aromatic rings. The molecule has 166 valence electrons. The Morgan fingerprint density at radius 3 is 2.19 bits per heavy atom. The lowest BCUT2D eigenvalue weighted by Gasteiger charge is -2.29. The van der Waals surface area contributed by atoms with E-state index in [9.17, 15) is 9.59 Å². The van der Waals surface area contributed by atoms with Crippen molar-refractivity contribution in [3.63, 3.8) is 0 Å². The fraction of sp³-hybridized carbons (Fsp3) is 0.333. The summed E-state index contributed by atoms with van der Waals surface area (Å²) in [6.07, 6.45) is 2.39. The highest BCUT2D eigenvalue weighted by atomic mass is 32.2. The molecule has 0 radical (unpaired) electrons. The molecule has 0 saturated heterocycles. The van der Waals surface area contributed by atoms with Crippen LogP contribution >= 0.6 is 11.8 Å². The van der Waals surface area contributed by atoms with Gasteiger partial charge in [-0.15, -0.1) is 10.2 Å². The fourth-order valence-corrected chi connectivity index (χ4v) is 4.66. The van der Waals surface area contributed by atoms with E-state index in [1.54, 1.807) is 4.90 Å². The summed E-state index contributed by atoms with van der Waals surface area (Å²) < 4.78 is 1.95. The van der Waals surface area contributed by atoms with Gasteiger partial charge in [0.1, 0.15) is 5.82 Å². The first-order valence-corrected chi connectivity index (χ1v) is 11.7. The van der Waals surface area contributed by atoms with E-state index in [1.807, 2.05) is 72.3 Å². The van der Waals surface area contributed by atoms with Crippen molar-refractivity contribution in [3.8, 4) is 0 Å². The Labute approximate surface area is 192 Å². The van der Waals surface area contributed by atoms with Crippen LogP contribution in [-0.2, 0) is 16.1 Å². The molecular formula is C24H27N5O2S. The summed E-state index contributed by atoms with van der Waals surface area (Å²) in [5.74, 6) is 1.14. The Hall–Kier alpha value is -3.13. The number of hydrogen-bond acceptors (Lipinski definition) is 5. The molecule has 7 nitrogen and oxygen atoms in total. The number of rotatable bonds is 10. The van der Waals surface area contributed by atoms with E-state index in [1.165, 1.54) is 11.8 Å². The van der Waals surface area contributed by atoms with Crippen LogP contribution in [0.5, 0.6) is 0 Å². The van der Waals surface area contributed by atoms with Gasteiger partial charge in [-0.2, -0.15) is 0 Å². The molecule has 8 heteroatoms. The van der Waals surface area contributed by atoms with Crippen LogP contribution in [0.15, 0.2) is 65.8 Å². The van der Waals surface area contributed by atoms with Gasteiger partial charge in [-0.25, -0.2) is 0 Å². The van der Waals surface area contributed by atoms with Crippen molar-refractivity contribution >= 4 is 23.6 Å². The number of nitrogens with zero attached hydrogens (tertiary/aromatic N) is 4. The number of hydrogen-bond donors (Lipinski definition) is 1. The van der Waals surface area contributed by atoms with Gasteiger partial charge in [-0.1, -0.05) is 72.4 Å². The minimum atomic E-state index is -0.360. The highest BCUT2D eigenvalue weighted by Gasteiger charge is 2.31. The quantitative estimate of drug-likeness (QED) is 0.479. The summed E-state index contributed by atoms with van der Waals surface area (Å²) in [5.41, 5.74) is 7.46. The minimum absolute atomic E-state index is 0.00914. The van der Waals surface area contributed by atoms with E-state index >= 15 is 0 Å². The lowest BCUT2D eigenvalue weighted by atomic mass is 9.97. The standard InChI is InChI=1S/C24H27N5O2S/c1-28(22(17-8-4-2-5-9-17)18-10-6-3-7-11-18)21(31)16-32-24-27-26-23(19-12-13-19)29(24)15-14-20(25)30/h2-11,19,22H,12-16H2,1H3,(H2,25,30). The smallest absolute Gasteiger partial charge is 0.233 e. The third-order valence-corrected chi connectivity index (χ3v) is 6.56. The molecule has 2 N–H and O–H groups in total. The van der Waals surface area contributed by atoms with Gasteiger partial charge in [-0.3, -0.25) is 9.59 Å². The van der Waals surface area contributed by atoms with Crippen molar-refractivity contribution in [2.24, 2.45) is 5.73 Å². The second-order valence-electron chi connectivity index (χ2n) is 8.00. The number of nitrogens with two attached hydrogens (primary N) is 1.